The van der Waals surface area contributed by atoms with Crippen molar-refractivity contribution in [3.8, 4) is 22.9 Å². The van der Waals surface area contributed by atoms with Crippen LogP contribution < -0.4 is 0 Å². The molecule has 0 unspecified atom stereocenters. The summed E-state index contributed by atoms with van der Waals surface area (Å²) < 4.78 is 13.6. The lowest BCUT2D eigenvalue weighted by atomic mass is 10.0. The van der Waals surface area contributed by atoms with Gasteiger partial charge in [-0.25, -0.2) is 4.98 Å². The summed E-state index contributed by atoms with van der Waals surface area (Å²) in [4.78, 5) is 10.8. The van der Waals surface area contributed by atoms with E-state index in [4.69, 9.17) is 14.4 Å². The fraction of sp³-hybridized carbons (Fsp3) is 0. The average molecular weight is 683 g/mol. The fourth-order valence-electron chi connectivity index (χ4n) is 8.33. The summed E-state index contributed by atoms with van der Waals surface area (Å²) in [6, 6.07) is 55.9. The molecule has 0 spiro atoms. The lowest BCUT2D eigenvalue weighted by Gasteiger charge is -2.11. The molecule has 0 saturated carbocycles. The van der Waals surface area contributed by atoms with E-state index in [1.165, 1.54) is 47.2 Å². The number of nitrogens with zero attached hydrogens (tertiary/aromatic N) is 4. The number of furan rings is 1. The van der Waals surface area contributed by atoms with Crippen LogP contribution >= 0.6 is 11.3 Å². The van der Waals surface area contributed by atoms with E-state index in [-0.39, 0.29) is 0 Å². The maximum atomic E-state index is 6.57. The summed E-state index contributed by atoms with van der Waals surface area (Å²) in [5.41, 5.74) is 8.84. The van der Waals surface area contributed by atoms with Crippen LogP contribution in [0.3, 0.4) is 0 Å². The number of hydrogen-bond donors (Lipinski definition) is 0. The maximum Gasteiger partial charge on any atom is 0.238 e. The van der Waals surface area contributed by atoms with Crippen LogP contribution in [0.1, 0.15) is 0 Å². The van der Waals surface area contributed by atoms with Gasteiger partial charge in [0.05, 0.1) is 37.8 Å². The van der Waals surface area contributed by atoms with Crippen LogP contribution in [0.4, 0.5) is 0 Å². The van der Waals surface area contributed by atoms with Crippen LogP contribution in [0.25, 0.3) is 109 Å². The van der Waals surface area contributed by atoms with Gasteiger partial charge in [-0.3, -0.25) is 4.57 Å². The zero-order valence-corrected chi connectivity index (χ0v) is 28.4. The van der Waals surface area contributed by atoms with E-state index in [2.05, 4.69) is 155 Å². The van der Waals surface area contributed by atoms with Crippen molar-refractivity contribution >= 4 is 97.2 Å². The van der Waals surface area contributed by atoms with E-state index in [1.807, 2.05) is 23.5 Å². The van der Waals surface area contributed by atoms with Crippen molar-refractivity contribution < 1.29 is 4.42 Å². The van der Waals surface area contributed by atoms with Crippen LogP contribution in [0.15, 0.2) is 162 Å². The molecule has 0 fully saturated rings. The lowest BCUT2D eigenvalue weighted by Crippen LogP contribution is -2.03. The standard InChI is InChI=1S/C46H26N4OS/c1-2-12-28(13-3-1)49-36-18-8-5-15-30(36)35-26-27(22-25-38(35)49)42-41-34-17-6-10-20-39(34)51-45(41)48-46(47-42)50-37-19-9-4-14-29(37)32-23-24-33-31-16-7-11-21-40(31)52-44(33)43(32)50/h1-26H. The Balaban J connectivity index is 1.20. The molecule has 0 atom stereocenters. The highest BCUT2D eigenvalue weighted by molar-refractivity contribution is 7.26. The fourth-order valence-corrected chi connectivity index (χ4v) is 9.58. The molecule has 242 valence electrons. The SMILES string of the molecule is c1ccc(-n2c3ccccc3c3cc(-c4nc(-n5c6ccccc6c6ccc7c8ccccc8sc7c65)nc5oc6ccccc6c45)ccc32)cc1. The minimum absolute atomic E-state index is 0.572. The van der Waals surface area contributed by atoms with Crippen molar-refractivity contribution in [2.75, 3.05) is 0 Å². The molecule has 0 amide bonds. The normalized spacial score (nSPS) is 12.2. The van der Waals surface area contributed by atoms with E-state index >= 15 is 0 Å². The smallest absolute Gasteiger partial charge is 0.238 e. The molecule has 0 aliphatic rings. The van der Waals surface area contributed by atoms with Crippen LogP contribution in [0.5, 0.6) is 0 Å². The molecule has 52 heavy (non-hydrogen) atoms. The Hall–Kier alpha value is -6.76. The number of hydrogen-bond acceptors (Lipinski definition) is 4. The first-order chi connectivity index (χ1) is 25.8. The van der Waals surface area contributed by atoms with Gasteiger partial charge in [0.15, 0.2) is 0 Å². The van der Waals surface area contributed by atoms with E-state index in [1.54, 1.807) is 0 Å². The summed E-state index contributed by atoms with van der Waals surface area (Å²) in [5, 5.41) is 9.13. The van der Waals surface area contributed by atoms with Crippen molar-refractivity contribution in [2.24, 2.45) is 0 Å². The first-order valence-electron chi connectivity index (χ1n) is 17.4. The summed E-state index contributed by atoms with van der Waals surface area (Å²) in [6.07, 6.45) is 0. The molecule has 5 nitrogen and oxygen atoms in total. The highest BCUT2D eigenvalue weighted by Gasteiger charge is 2.24. The predicted octanol–water partition coefficient (Wildman–Crippen LogP) is 12.6. The van der Waals surface area contributed by atoms with Gasteiger partial charge in [0.2, 0.25) is 11.7 Å². The van der Waals surface area contributed by atoms with E-state index in [9.17, 15) is 0 Å². The average Bonchev–Trinajstić information content (AvgIpc) is 3.95. The molecule has 0 radical (unpaired) electrons. The molecule has 0 aliphatic heterocycles. The van der Waals surface area contributed by atoms with Gasteiger partial charge in [-0.1, -0.05) is 109 Å². The molecule has 0 bridgehead atoms. The van der Waals surface area contributed by atoms with Crippen molar-refractivity contribution in [1.82, 2.24) is 19.1 Å². The summed E-state index contributed by atoms with van der Waals surface area (Å²) >= 11 is 1.82. The zero-order valence-electron chi connectivity index (χ0n) is 27.6. The monoisotopic (exact) mass is 682 g/mol. The van der Waals surface area contributed by atoms with Crippen LogP contribution in [-0.4, -0.2) is 19.1 Å². The quantitative estimate of drug-likeness (QED) is 0.186. The summed E-state index contributed by atoms with van der Waals surface area (Å²) in [6.45, 7) is 0. The Morgan fingerprint density at radius 1 is 0.481 bits per heavy atom. The second-order valence-corrected chi connectivity index (χ2v) is 14.4. The van der Waals surface area contributed by atoms with Crippen LogP contribution in [0.2, 0.25) is 0 Å². The molecule has 5 heterocycles. The molecule has 12 rings (SSSR count). The third-order valence-electron chi connectivity index (χ3n) is 10.6. The van der Waals surface area contributed by atoms with E-state index < -0.39 is 0 Å². The van der Waals surface area contributed by atoms with Crippen LogP contribution in [0, 0.1) is 0 Å². The van der Waals surface area contributed by atoms with Gasteiger partial charge in [-0.05, 0) is 48.5 Å². The highest BCUT2D eigenvalue weighted by Crippen LogP contribution is 2.44. The summed E-state index contributed by atoms with van der Waals surface area (Å²) in [5.74, 6) is 0.588. The van der Waals surface area contributed by atoms with Gasteiger partial charge in [-0.2, -0.15) is 4.98 Å². The second-order valence-electron chi connectivity index (χ2n) is 13.4. The molecule has 0 saturated heterocycles. The molecule has 5 aromatic heterocycles. The van der Waals surface area contributed by atoms with Gasteiger partial charge in [0.1, 0.15) is 5.58 Å². The van der Waals surface area contributed by atoms with Gasteiger partial charge in [0, 0.05) is 53.7 Å². The summed E-state index contributed by atoms with van der Waals surface area (Å²) in [7, 11) is 0. The van der Waals surface area contributed by atoms with Gasteiger partial charge < -0.3 is 8.98 Å². The largest absolute Gasteiger partial charge is 0.437 e. The van der Waals surface area contributed by atoms with Gasteiger partial charge >= 0.3 is 0 Å². The molecular weight excluding hydrogens is 657 g/mol. The Morgan fingerprint density at radius 2 is 1.13 bits per heavy atom. The first-order valence-corrected chi connectivity index (χ1v) is 18.2. The lowest BCUT2D eigenvalue weighted by molar-refractivity contribution is 0.651. The number of aromatic nitrogens is 4. The number of fused-ring (bicyclic) bond motifs is 13. The Morgan fingerprint density at radius 3 is 1.98 bits per heavy atom. The van der Waals surface area contributed by atoms with Crippen molar-refractivity contribution in [2.45, 2.75) is 0 Å². The molecule has 0 aliphatic carbocycles. The minimum Gasteiger partial charge on any atom is -0.437 e. The Kier molecular flexibility index (Phi) is 5.59. The molecule has 12 aromatic rings. The Labute approximate surface area is 300 Å². The topological polar surface area (TPSA) is 48.8 Å². The number of thiophene rings is 1. The molecule has 6 heteroatoms. The molecular formula is C46H26N4OS. The first kappa shape index (κ1) is 28.0. The molecule has 7 aromatic carbocycles. The third-order valence-corrected chi connectivity index (χ3v) is 11.8. The Bertz CT molecular complexity index is 3420. The minimum atomic E-state index is 0.572. The van der Waals surface area contributed by atoms with Crippen LogP contribution in [-0.2, 0) is 0 Å². The van der Waals surface area contributed by atoms with Crippen molar-refractivity contribution in [3.63, 3.8) is 0 Å². The second kappa shape index (κ2) is 10.4. The van der Waals surface area contributed by atoms with Crippen molar-refractivity contribution in [3.05, 3.63) is 158 Å². The van der Waals surface area contributed by atoms with E-state index in [0.29, 0.717) is 11.7 Å². The predicted molar refractivity (Wildman–Crippen MR) is 216 cm³/mol. The number of rotatable bonds is 3. The number of benzene rings is 7. The molecule has 0 N–H and O–H groups in total. The third kappa shape index (κ3) is 3.76. The van der Waals surface area contributed by atoms with Gasteiger partial charge in [0.25, 0.3) is 0 Å². The zero-order chi connectivity index (χ0) is 33.9. The van der Waals surface area contributed by atoms with Crippen molar-refractivity contribution in [1.29, 1.82) is 0 Å². The van der Waals surface area contributed by atoms with E-state index in [0.717, 1.165) is 49.9 Å². The maximum absolute atomic E-state index is 6.57. The van der Waals surface area contributed by atoms with Gasteiger partial charge in [-0.15, -0.1) is 11.3 Å². The highest BCUT2D eigenvalue weighted by atomic mass is 32.1. The number of para-hydroxylation sites is 4.